The maximum absolute atomic E-state index is 11.9. The molecule has 0 atom stereocenters. The first-order chi connectivity index (χ1) is 8.13. The van der Waals surface area contributed by atoms with Crippen molar-refractivity contribution in [2.24, 2.45) is 7.05 Å². The molecule has 0 spiro atoms. The molecule has 0 saturated carbocycles. The van der Waals surface area contributed by atoms with E-state index in [1.54, 1.807) is 0 Å². The molecule has 6 heteroatoms. The van der Waals surface area contributed by atoms with E-state index in [2.05, 4.69) is 15.7 Å². The number of fused-ring (bicyclic) bond motifs is 1. The summed E-state index contributed by atoms with van der Waals surface area (Å²) in [4.78, 5) is 13.6. The Hall–Kier alpha value is -1.40. The molecule has 0 aromatic carbocycles. The van der Waals surface area contributed by atoms with E-state index in [-0.39, 0.29) is 5.91 Å². The third-order valence-electron chi connectivity index (χ3n) is 2.58. The Morgan fingerprint density at radius 2 is 2.29 bits per heavy atom. The lowest BCUT2D eigenvalue weighted by Crippen LogP contribution is -2.29. The smallest absolute Gasteiger partial charge is 0.261 e. The minimum absolute atomic E-state index is 0.0131. The SMILES string of the molecule is CNCCNC(=O)c1cc2c(C)nn(C)c2s1. The van der Waals surface area contributed by atoms with Crippen LogP contribution in [0.1, 0.15) is 15.4 Å². The molecule has 2 N–H and O–H groups in total. The molecule has 0 unspecified atom stereocenters. The third kappa shape index (κ3) is 2.32. The van der Waals surface area contributed by atoms with Gasteiger partial charge in [0.1, 0.15) is 4.83 Å². The fraction of sp³-hybridized carbons (Fsp3) is 0.455. The summed E-state index contributed by atoms with van der Waals surface area (Å²) >= 11 is 1.48. The normalized spacial score (nSPS) is 11.0. The van der Waals surface area contributed by atoms with Crippen molar-refractivity contribution in [2.45, 2.75) is 6.92 Å². The molecule has 0 fully saturated rings. The van der Waals surface area contributed by atoms with Gasteiger partial charge in [0, 0.05) is 25.5 Å². The van der Waals surface area contributed by atoms with E-state index in [4.69, 9.17) is 0 Å². The summed E-state index contributed by atoms with van der Waals surface area (Å²) in [6.07, 6.45) is 0. The summed E-state index contributed by atoms with van der Waals surface area (Å²) in [5.41, 5.74) is 0.966. The van der Waals surface area contributed by atoms with Gasteiger partial charge in [-0.1, -0.05) is 0 Å². The third-order valence-corrected chi connectivity index (χ3v) is 3.78. The highest BCUT2D eigenvalue weighted by Gasteiger charge is 2.14. The van der Waals surface area contributed by atoms with Gasteiger partial charge in [0.05, 0.1) is 10.6 Å². The highest BCUT2D eigenvalue weighted by atomic mass is 32.1. The average molecular weight is 252 g/mol. The van der Waals surface area contributed by atoms with Crippen molar-refractivity contribution in [3.05, 3.63) is 16.6 Å². The largest absolute Gasteiger partial charge is 0.350 e. The molecule has 0 aliphatic carbocycles. The van der Waals surface area contributed by atoms with Gasteiger partial charge in [0.25, 0.3) is 5.91 Å². The predicted molar refractivity (Wildman–Crippen MR) is 69.6 cm³/mol. The van der Waals surface area contributed by atoms with E-state index in [1.807, 2.05) is 31.8 Å². The van der Waals surface area contributed by atoms with Crippen LogP contribution in [0.15, 0.2) is 6.07 Å². The zero-order valence-corrected chi connectivity index (χ0v) is 11.0. The maximum Gasteiger partial charge on any atom is 0.261 e. The number of hydrogen-bond donors (Lipinski definition) is 2. The Kier molecular flexibility index (Phi) is 3.44. The molecule has 0 aliphatic heterocycles. The molecule has 92 valence electrons. The van der Waals surface area contributed by atoms with Gasteiger partial charge in [0.15, 0.2) is 0 Å². The summed E-state index contributed by atoms with van der Waals surface area (Å²) in [7, 11) is 3.76. The summed E-state index contributed by atoms with van der Waals surface area (Å²) in [5.74, 6) is -0.0131. The standard InChI is InChI=1S/C11H16N4OS/c1-7-8-6-9(10(16)13-5-4-12-2)17-11(8)15(3)14-7/h6,12H,4-5H2,1-3H3,(H,13,16). The molecule has 0 radical (unpaired) electrons. The van der Waals surface area contributed by atoms with Crippen LogP contribution in [-0.2, 0) is 7.05 Å². The predicted octanol–water partition coefficient (Wildman–Crippen LogP) is 0.892. The number of aryl methyl sites for hydroxylation is 2. The van der Waals surface area contributed by atoms with Crippen LogP contribution in [0.5, 0.6) is 0 Å². The van der Waals surface area contributed by atoms with Gasteiger partial charge in [-0.2, -0.15) is 5.10 Å². The van der Waals surface area contributed by atoms with Crippen LogP contribution in [0.25, 0.3) is 10.2 Å². The molecule has 5 nitrogen and oxygen atoms in total. The second-order valence-corrected chi connectivity index (χ2v) is 4.93. The van der Waals surface area contributed by atoms with E-state index in [1.165, 1.54) is 11.3 Å². The molecule has 2 aromatic heterocycles. The number of thiophene rings is 1. The zero-order chi connectivity index (χ0) is 12.4. The minimum atomic E-state index is -0.0131. The Morgan fingerprint density at radius 1 is 1.53 bits per heavy atom. The van der Waals surface area contributed by atoms with Crippen LogP contribution in [-0.4, -0.2) is 35.8 Å². The second-order valence-electron chi connectivity index (χ2n) is 3.90. The van der Waals surface area contributed by atoms with Gasteiger partial charge in [-0.25, -0.2) is 0 Å². The Morgan fingerprint density at radius 3 is 2.94 bits per heavy atom. The Balaban J connectivity index is 2.19. The van der Waals surface area contributed by atoms with Crippen molar-refractivity contribution in [1.82, 2.24) is 20.4 Å². The number of nitrogens with zero attached hydrogens (tertiary/aromatic N) is 2. The minimum Gasteiger partial charge on any atom is -0.350 e. The van der Waals surface area contributed by atoms with Crippen molar-refractivity contribution in [3.8, 4) is 0 Å². The first-order valence-corrected chi connectivity index (χ1v) is 6.31. The van der Waals surface area contributed by atoms with Gasteiger partial charge in [-0.3, -0.25) is 9.48 Å². The fourth-order valence-corrected chi connectivity index (χ4v) is 2.74. The van der Waals surface area contributed by atoms with Gasteiger partial charge < -0.3 is 10.6 Å². The van der Waals surface area contributed by atoms with E-state index < -0.39 is 0 Å². The first-order valence-electron chi connectivity index (χ1n) is 5.49. The van der Waals surface area contributed by atoms with Crippen LogP contribution < -0.4 is 10.6 Å². The van der Waals surface area contributed by atoms with Crippen LogP contribution in [0.3, 0.4) is 0 Å². The molecule has 17 heavy (non-hydrogen) atoms. The van der Waals surface area contributed by atoms with E-state index in [9.17, 15) is 4.79 Å². The number of likely N-dealkylation sites (N-methyl/N-ethyl adjacent to an activating group) is 1. The van der Waals surface area contributed by atoms with Gasteiger partial charge in [-0.05, 0) is 20.0 Å². The fourth-order valence-electron chi connectivity index (χ4n) is 1.71. The van der Waals surface area contributed by atoms with E-state index in [0.29, 0.717) is 6.54 Å². The highest BCUT2D eigenvalue weighted by Crippen LogP contribution is 2.27. The molecule has 0 aliphatic rings. The number of hydrogen-bond acceptors (Lipinski definition) is 4. The summed E-state index contributed by atoms with van der Waals surface area (Å²) < 4.78 is 1.82. The second kappa shape index (κ2) is 4.85. The van der Waals surface area contributed by atoms with Gasteiger partial charge in [0.2, 0.25) is 0 Å². The lowest BCUT2D eigenvalue weighted by atomic mass is 10.3. The van der Waals surface area contributed by atoms with Crippen LogP contribution in [0.2, 0.25) is 0 Å². The molecular formula is C11H16N4OS. The maximum atomic E-state index is 11.9. The van der Waals surface area contributed by atoms with E-state index in [0.717, 1.165) is 27.3 Å². The van der Waals surface area contributed by atoms with Gasteiger partial charge >= 0.3 is 0 Å². The van der Waals surface area contributed by atoms with Crippen LogP contribution in [0, 0.1) is 6.92 Å². The topological polar surface area (TPSA) is 58.9 Å². The number of aromatic nitrogens is 2. The Bertz CT molecular complexity index is 508. The van der Waals surface area contributed by atoms with Crippen molar-refractivity contribution < 1.29 is 4.79 Å². The number of amides is 1. The molecule has 0 bridgehead atoms. The molecular weight excluding hydrogens is 236 g/mol. The van der Waals surface area contributed by atoms with Crippen LogP contribution >= 0.6 is 11.3 Å². The Labute approximate surface area is 104 Å². The first kappa shape index (κ1) is 12.1. The van der Waals surface area contributed by atoms with Gasteiger partial charge in [-0.15, -0.1) is 11.3 Å². The highest BCUT2D eigenvalue weighted by molar-refractivity contribution is 7.20. The molecule has 1 amide bonds. The molecule has 2 aromatic rings. The summed E-state index contributed by atoms with van der Waals surface area (Å²) in [5, 5.41) is 11.2. The number of rotatable bonds is 4. The summed E-state index contributed by atoms with van der Waals surface area (Å²) in [6, 6.07) is 1.91. The zero-order valence-electron chi connectivity index (χ0n) is 10.2. The van der Waals surface area contributed by atoms with E-state index >= 15 is 0 Å². The lowest BCUT2D eigenvalue weighted by Gasteiger charge is -2.01. The number of carbonyl (C=O) groups excluding carboxylic acids is 1. The van der Waals surface area contributed by atoms with Crippen molar-refractivity contribution in [2.75, 3.05) is 20.1 Å². The molecule has 0 saturated heterocycles. The average Bonchev–Trinajstić information content (AvgIpc) is 2.82. The monoisotopic (exact) mass is 252 g/mol. The van der Waals surface area contributed by atoms with Crippen molar-refractivity contribution >= 4 is 27.5 Å². The van der Waals surface area contributed by atoms with Crippen molar-refractivity contribution in [3.63, 3.8) is 0 Å². The quantitative estimate of drug-likeness (QED) is 0.795. The van der Waals surface area contributed by atoms with Crippen molar-refractivity contribution in [1.29, 1.82) is 0 Å². The molecule has 2 rings (SSSR count). The summed E-state index contributed by atoms with van der Waals surface area (Å²) in [6.45, 7) is 3.37. The van der Waals surface area contributed by atoms with Crippen LogP contribution in [0.4, 0.5) is 0 Å². The number of carbonyl (C=O) groups is 1. The lowest BCUT2D eigenvalue weighted by molar-refractivity contribution is 0.0958. The molecule has 2 heterocycles. The number of nitrogens with one attached hydrogen (secondary N) is 2.